The third-order valence-electron chi connectivity index (χ3n) is 2.54. The zero-order chi connectivity index (χ0) is 11.1. The third kappa shape index (κ3) is 3.92. The minimum absolute atomic E-state index is 0.201. The lowest BCUT2D eigenvalue weighted by Crippen LogP contribution is -2.13. The Morgan fingerprint density at radius 3 is 2.20 bits per heavy atom. The van der Waals surface area contributed by atoms with Crippen molar-refractivity contribution < 1.29 is 9.84 Å². The Kier molecular flexibility index (Phi) is 5.19. The van der Waals surface area contributed by atoms with Gasteiger partial charge in [0.1, 0.15) is 5.75 Å². The van der Waals surface area contributed by atoms with Crippen LogP contribution < -0.4 is 4.74 Å². The van der Waals surface area contributed by atoms with Gasteiger partial charge in [0.2, 0.25) is 0 Å². The van der Waals surface area contributed by atoms with E-state index in [4.69, 9.17) is 9.84 Å². The van der Waals surface area contributed by atoms with Crippen molar-refractivity contribution in [3.8, 4) is 5.75 Å². The summed E-state index contributed by atoms with van der Waals surface area (Å²) in [5.41, 5.74) is 1.15. The molecule has 0 aliphatic rings. The number of ether oxygens (including phenoxy) is 1. The summed E-state index contributed by atoms with van der Waals surface area (Å²) in [4.78, 5) is 0. The molecule has 1 rings (SSSR count). The Balaban J connectivity index is 2.55. The fourth-order valence-electron chi connectivity index (χ4n) is 1.51. The van der Waals surface area contributed by atoms with Crippen LogP contribution in [0.3, 0.4) is 0 Å². The first kappa shape index (κ1) is 12.1. The highest BCUT2D eigenvalue weighted by Crippen LogP contribution is 2.16. The molecule has 84 valence electrons. The molecule has 0 aliphatic heterocycles. The lowest BCUT2D eigenvalue weighted by molar-refractivity contribution is 0.193. The van der Waals surface area contributed by atoms with Gasteiger partial charge in [-0.3, -0.25) is 0 Å². The fraction of sp³-hybridized carbons (Fsp3) is 0.538. The molecule has 0 fully saturated rings. The number of hydrogen-bond donors (Lipinski definition) is 1. The molecule has 0 radical (unpaired) electrons. The molecule has 0 atom stereocenters. The molecule has 1 aromatic carbocycles. The molecule has 1 aromatic rings. The normalized spacial score (nSPS) is 10.7. The summed E-state index contributed by atoms with van der Waals surface area (Å²) < 4.78 is 5.78. The van der Waals surface area contributed by atoms with E-state index in [1.54, 1.807) is 0 Å². The van der Waals surface area contributed by atoms with Crippen molar-refractivity contribution in [3.63, 3.8) is 0 Å². The molecule has 0 heterocycles. The Morgan fingerprint density at radius 1 is 1.13 bits per heavy atom. The SMILES string of the molecule is CCC(CC)Oc1ccc(CCO)cc1. The Morgan fingerprint density at radius 2 is 1.73 bits per heavy atom. The molecular weight excluding hydrogens is 188 g/mol. The second-order valence-corrected chi connectivity index (χ2v) is 3.67. The van der Waals surface area contributed by atoms with Crippen LogP contribution in [0.5, 0.6) is 5.75 Å². The lowest BCUT2D eigenvalue weighted by atomic mass is 10.1. The molecule has 1 N–H and O–H groups in total. The number of benzene rings is 1. The molecule has 0 unspecified atom stereocenters. The van der Waals surface area contributed by atoms with Crippen molar-refractivity contribution in [1.29, 1.82) is 0 Å². The number of hydrogen-bond acceptors (Lipinski definition) is 2. The van der Waals surface area contributed by atoms with Crippen LogP contribution in [0.25, 0.3) is 0 Å². The number of rotatable bonds is 6. The Bertz CT molecular complexity index is 262. The summed E-state index contributed by atoms with van der Waals surface area (Å²) in [5.74, 6) is 0.922. The standard InChI is InChI=1S/C13H20O2/c1-3-12(4-2)15-13-7-5-11(6-8-13)9-10-14/h5-8,12,14H,3-4,9-10H2,1-2H3. The lowest BCUT2D eigenvalue weighted by Gasteiger charge is -2.15. The minimum atomic E-state index is 0.201. The van der Waals surface area contributed by atoms with Crippen LogP contribution in [-0.2, 0) is 6.42 Å². The molecule has 0 saturated heterocycles. The van der Waals surface area contributed by atoms with Crippen molar-refractivity contribution >= 4 is 0 Å². The highest BCUT2D eigenvalue weighted by molar-refractivity contribution is 5.27. The predicted octanol–water partition coefficient (Wildman–Crippen LogP) is 2.79. The zero-order valence-corrected chi connectivity index (χ0v) is 9.57. The highest BCUT2D eigenvalue weighted by atomic mass is 16.5. The van der Waals surface area contributed by atoms with Crippen molar-refractivity contribution in [2.24, 2.45) is 0 Å². The van der Waals surface area contributed by atoms with Crippen LogP contribution in [0.15, 0.2) is 24.3 Å². The van der Waals surface area contributed by atoms with Gasteiger partial charge >= 0.3 is 0 Å². The average molecular weight is 208 g/mol. The molecule has 0 saturated carbocycles. The van der Waals surface area contributed by atoms with E-state index in [2.05, 4.69) is 13.8 Å². The van der Waals surface area contributed by atoms with Gasteiger partial charge in [-0.25, -0.2) is 0 Å². The van der Waals surface area contributed by atoms with E-state index >= 15 is 0 Å². The number of aliphatic hydroxyl groups excluding tert-OH is 1. The van der Waals surface area contributed by atoms with E-state index in [1.807, 2.05) is 24.3 Å². The second-order valence-electron chi connectivity index (χ2n) is 3.67. The van der Waals surface area contributed by atoms with E-state index < -0.39 is 0 Å². The first-order valence-electron chi connectivity index (χ1n) is 5.66. The molecular formula is C13H20O2. The maximum Gasteiger partial charge on any atom is 0.119 e. The van der Waals surface area contributed by atoms with Crippen molar-refractivity contribution in [2.45, 2.75) is 39.2 Å². The van der Waals surface area contributed by atoms with E-state index in [-0.39, 0.29) is 6.61 Å². The molecule has 15 heavy (non-hydrogen) atoms. The smallest absolute Gasteiger partial charge is 0.119 e. The summed E-state index contributed by atoms with van der Waals surface area (Å²) in [6, 6.07) is 7.97. The van der Waals surface area contributed by atoms with Gasteiger partial charge in [-0.2, -0.15) is 0 Å². The van der Waals surface area contributed by atoms with Crippen LogP contribution in [0, 0.1) is 0 Å². The van der Waals surface area contributed by atoms with Crippen molar-refractivity contribution in [1.82, 2.24) is 0 Å². The van der Waals surface area contributed by atoms with Gasteiger partial charge in [0.05, 0.1) is 6.10 Å². The molecule has 2 nitrogen and oxygen atoms in total. The maximum absolute atomic E-state index is 8.78. The van der Waals surface area contributed by atoms with E-state index in [9.17, 15) is 0 Å². The van der Waals surface area contributed by atoms with Gasteiger partial charge < -0.3 is 9.84 Å². The summed E-state index contributed by atoms with van der Waals surface area (Å²) in [6.07, 6.45) is 3.10. The molecule has 0 spiro atoms. The number of aliphatic hydroxyl groups is 1. The fourth-order valence-corrected chi connectivity index (χ4v) is 1.51. The summed E-state index contributed by atoms with van der Waals surface area (Å²) in [6.45, 7) is 4.47. The summed E-state index contributed by atoms with van der Waals surface area (Å²) in [7, 11) is 0. The molecule has 0 aliphatic carbocycles. The molecule has 2 heteroatoms. The van der Waals surface area contributed by atoms with Gasteiger partial charge in [0.15, 0.2) is 0 Å². The highest BCUT2D eigenvalue weighted by Gasteiger charge is 2.04. The average Bonchev–Trinajstić information content (AvgIpc) is 2.28. The quantitative estimate of drug-likeness (QED) is 0.779. The first-order valence-corrected chi connectivity index (χ1v) is 5.66. The van der Waals surface area contributed by atoms with E-state index in [0.717, 1.165) is 24.2 Å². The monoisotopic (exact) mass is 208 g/mol. The topological polar surface area (TPSA) is 29.5 Å². The Hall–Kier alpha value is -1.02. The first-order chi connectivity index (χ1) is 7.30. The van der Waals surface area contributed by atoms with Crippen LogP contribution >= 0.6 is 0 Å². The van der Waals surface area contributed by atoms with Crippen molar-refractivity contribution in [2.75, 3.05) is 6.61 Å². The van der Waals surface area contributed by atoms with Gasteiger partial charge in [-0.15, -0.1) is 0 Å². The van der Waals surface area contributed by atoms with E-state index in [0.29, 0.717) is 12.5 Å². The predicted molar refractivity (Wildman–Crippen MR) is 62.2 cm³/mol. The van der Waals surface area contributed by atoms with Gasteiger partial charge in [-0.1, -0.05) is 26.0 Å². The van der Waals surface area contributed by atoms with Crippen LogP contribution in [-0.4, -0.2) is 17.8 Å². The van der Waals surface area contributed by atoms with Gasteiger partial charge in [0.25, 0.3) is 0 Å². The largest absolute Gasteiger partial charge is 0.490 e. The van der Waals surface area contributed by atoms with Crippen LogP contribution in [0.1, 0.15) is 32.3 Å². The summed E-state index contributed by atoms with van der Waals surface area (Å²) in [5, 5.41) is 8.78. The van der Waals surface area contributed by atoms with E-state index in [1.165, 1.54) is 0 Å². The second kappa shape index (κ2) is 6.46. The molecule has 0 amide bonds. The maximum atomic E-state index is 8.78. The third-order valence-corrected chi connectivity index (χ3v) is 2.54. The molecule has 0 bridgehead atoms. The molecule has 0 aromatic heterocycles. The van der Waals surface area contributed by atoms with Gasteiger partial charge in [0, 0.05) is 6.61 Å². The van der Waals surface area contributed by atoms with Crippen LogP contribution in [0.2, 0.25) is 0 Å². The zero-order valence-electron chi connectivity index (χ0n) is 9.57. The minimum Gasteiger partial charge on any atom is -0.490 e. The van der Waals surface area contributed by atoms with Gasteiger partial charge in [-0.05, 0) is 37.0 Å². The van der Waals surface area contributed by atoms with Crippen molar-refractivity contribution in [3.05, 3.63) is 29.8 Å². The van der Waals surface area contributed by atoms with Crippen LogP contribution in [0.4, 0.5) is 0 Å². The Labute approximate surface area is 91.9 Å². The summed E-state index contributed by atoms with van der Waals surface area (Å²) >= 11 is 0.